The molecule has 2 fully saturated rings. The highest BCUT2D eigenvalue weighted by Crippen LogP contribution is 2.52. The minimum absolute atomic E-state index is 0.164. The van der Waals surface area contributed by atoms with E-state index in [1.807, 2.05) is 12.1 Å². The van der Waals surface area contributed by atoms with E-state index in [1.54, 1.807) is 0 Å². The predicted molar refractivity (Wildman–Crippen MR) is 75.0 cm³/mol. The molecule has 2 N–H and O–H groups in total. The van der Waals surface area contributed by atoms with E-state index in [0.29, 0.717) is 5.92 Å². The van der Waals surface area contributed by atoms with Gasteiger partial charge in [-0.15, -0.1) is 0 Å². The van der Waals surface area contributed by atoms with Crippen molar-refractivity contribution in [1.29, 1.82) is 0 Å². The summed E-state index contributed by atoms with van der Waals surface area (Å²) in [7, 11) is 0. The van der Waals surface area contributed by atoms with Crippen molar-refractivity contribution in [2.45, 2.75) is 31.7 Å². The van der Waals surface area contributed by atoms with Crippen LogP contribution < -0.4 is 5.73 Å². The van der Waals surface area contributed by atoms with Gasteiger partial charge in [-0.05, 0) is 54.7 Å². The van der Waals surface area contributed by atoms with Crippen LogP contribution in [0.4, 0.5) is 0 Å². The van der Waals surface area contributed by atoms with Gasteiger partial charge in [0.05, 0.1) is 0 Å². The van der Waals surface area contributed by atoms with Gasteiger partial charge in [0, 0.05) is 15.5 Å². The monoisotopic (exact) mass is 313 g/mol. The Balaban J connectivity index is 1.84. The maximum Gasteiger partial charge on any atom is 0.0417 e. The Morgan fingerprint density at radius 1 is 1.29 bits per heavy atom. The second-order valence-electron chi connectivity index (χ2n) is 5.53. The third-order valence-corrected chi connectivity index (χ3v) is 5.50. The molecule has 17 heavy (non-hydrogen) atoms. The molecule has 2 bridgehead atoms. The first-order valence-corrected chi connectivity index (χ1v) is 7.53. The smallest absolute Gasteiger partial charge is 0.0417 e. The Bertz CT molecular complexity index is 434. The second-order valence-corrected chi connectivity index (χ2v) is 6.82. The van der Waals surface area contributed by atoms with Gasteiger partial charge in [-0.2, -0.15) is 0 Å². The van der Waals surface area contributed by atoms with Crippen LogP contribution in [0.15, 0.2) is 22.7 Å². The summed E-state index contributed by atoms with van der Waals surface area (Å²) in [6.45, 7) is 0. The van der Waals surface area contributed by atoms with Gasteiger partial charge in [-0.3, -0.25) is 0 Å². The van der Waals surface area contributed by atoms with Crippen LogP contribution in [0.2, 0.25) is 5.02 Å². The Morgan fingerprint density at radius 3 is 2.71 bits per heavy atom. The normalized spacial score (nSPS) is 33.0. The third-order valence-electron chi connectivity index (χ3n) is 4.58. The van der Waals surface area contributed by atoms with E-state index in [4.69, 9.17) is 17.3 Å². The molecule has 4 unspecified atom stereocenters. The van der Waals surface area contributed by atoms with Gasteiger partial charge in [0.25, 0.3) is 0 Å². The van der Waals surface area contributed by atoms with Crippen molar-refractivity contribution in [3.63, 3.8) is 0 Å². The number of hydrogen-bond acceptors (Lipinski definition) is 1. The lowest BCUT2D eigenvalue weighted by Crippen LogP contribution is -2.26. The standard InChI is InChI=1S/C14H17BrClN/c15-13-7-10(16)3-4-11(13)14(17)12-6-8-1-2-9(12)5-8/h3-4,7-9,12,14H,1-2,5-6,17H2. The topological polar surface area (TPSA) is 26.0 Å². The fourth-order valence-electron chi connectivity index (χ4n) is 3.74. The minimum Gasteiger partial charge on any atom is -0.324 e. The highest BCUT2D eigenvalue weighted by Gasteiger charge is 2.42. The molecule has 0 aliphatic heterocycles. The zero-order chi connectivity index (χ0) is 12.0. The van der Waals surface area contributed by atoms with E-state index in [9.17, 15) is 0 Å². The molecular formula is C14H17BrClN. The molecule has 3 rings (SSSR count). The van der Waals surface area contributed by atoms with Crippen LogP contribution in [0.25, 0.3) is 0 Å². The molecule has 0 aromatic heterocycles. The molecule has 2 saturated carbocycles. The Labute approximate surface area is 116 Å². The van der Waals surface area contributed by atoms with Crippen molar-refractivity contribution in [1.82, 2.24) is 0 Å². The number of nitrogens with two attached hydrogens (primary N) is 1. The molecule has 2 aliphatic rings. The Morgan fingerprint density at radius 2 is 2.12 bits per heavy atom. The van der Waals surface area contributed by atoms with Crippen molar-refractivity contribution >= 4 is 27.5 Å². The van der Waals surface area contributed by atoms with Gasteiger partial charge >= 0.3 is 0 Å². The summed E-state index contributed by atoms with van der Waals surface area (Å²) in [6.07, 6.45) is 5.54. The molecule has 3 heteroatoms. The van der Waals surface area contributed by atoms with Gasteiger partial charge < -0.3 is 5.73 Å². The van der Waals surface area contributed by atoms with Crippen molar-refractivity contribution < 1.29 is 0 Å². The molecule has 0 radical (unpaired) electrons. The van der Waals surface area contributed by atoms with Crippen LogP contribution in [0.1, 0.15) is 37.3 Å². The molecule has 0 heterocycles. The first kappa shape index (κ1) is 12.0. The second kappa shape index (κ2) is 4.56. The van der Waals surface area contributed by atoms with Crippen LogP contribution in [0.3, 0.4) is 0 Å². The predicted octanol–water partition coefficient (Wildman–Crippen LogP) is 4.54. The number of benzene rings is 1. The van der Waals surface area contributed by atoms with Gasteiger partial charge in [-0.25, -0.2) is 0 Å². The molecule has 92 valence electrons. The van der Waals surface area contributed by atoms with Crippen LogP contribution in [0, 0.1) is 17.8 Å². The maximum absolute atomic E-state index is 6.46. The molecule has 0 spiro atoms. The first-order chi connectivity index (χ1) is 8.15. The zero-order valence-electron chi connectivity index (χ0n) is 9.70. The van der Waals surface area contributed by atoms with E-state index >= 15 is 0 Å². The highest BCUT2D eigenvalue weighted by molar-refractivity contribution is 9.10. The molecular weight excluding hydrogens is 298 g/mol. The summed E-state index contributed by atoms with van der Waals surface area (Å²) in [4.78, 5) is 0. The van der Waals surface area contributed by atoms with E-state index in [1.165, 1.54) is 31.2 Å². The van der Waals surface area contributed by atoms with E-state index in [0.717, 1.165) is 21.3 Å². The van der Waals surface area contributed by atoms with Gasteiger partial charge in [-0.1, -0.05) is 40.0 Å². The van der Waals surface area contributed by atoms with E-state index in [2.05, 4.69) is 22.0 Å². The number of rotatable bonds is 2. The molecule has 0 saturated heterocycles. The fraction of sp³-hybridized carbons (Fsp3) is 0.571. The quantitative estimate of drug-likeness (QED) is 0.852. The lowest BCUT2D eigenvalue weighted by atomic mass is 9.81. The summed E-state index contributed by atoms with van der Waals surface area (Å²) in [5.74, 6) is 2.48. The molecule has 1 aromatic rings. The average Bonchev–Trinajstić information content (AvgIpc) is 2.89. The summed E-state index contributed by atoms with van der Waals surface area (Å²) in [6, 6.07) is 6.12. The fourth-order valence-corrected chi connectivity index (χ4v) is 4.68. The summed E-state index contributed by atoms with van der Waals surface area (Å²) in [5.41, 5.74) is 7.68. The molecule has 4 atom stereocenters. The van der Waals surface area contributed by atoms with Crippen molar-refractivity contribution in [3.05, 3.63) is 33.3 Å². The molecule has 1 nitrogen and oxygen atoms in total. The lowest BCUT2D eigenvalue weighted by molar-refractivity contribution is 0.284. The largest absolute Gasteiger partial charge is 0.324 e. The molecule has 0 amide bonds. The first-order valence-electron chi connectivity index (χ1n) is 6.35. The Hall–Kier alpha value is -0.0500. The number of fused-ring (bicyclic) bond motifs is 2. The highest BCUT2D eigenvalue weighted by atomic mass is 79.9. The summed E-state index contributed by atoms with van der Waals surface area (Å²) in [5, 5.41) is 0.765. The van der Waals surface area contributed by atoms with Gasteiger partial charge in [0.15, 0.2) is 0 Å². The van der Waals surface area contributed by atoms with E-state index in [-0.39, 0.29) is 6.04 Å². The van der Waals surface area contributed by atoms with Gasteiger partial charge in [0.1, 0.15) is 0 Å². The average molecular weight is 315 g/mol. The van der Waals surface area contributed by atoms with Crippen LogP contribution >= 0.6 is 27.5 Å². The third kappa shape index (κ3) is 2.16. The van der Waals surface area contributed by atoms with Gasteiger partial charge in [0.2, 0.25) is 0 Å². The van der Waals surface area contributed by atoms with Crippen LogP contribution in [-0.4, -0.2) is 0 Å². The van der Waals surface area contributed by atoms with Crippen molar-refractivity contribution in [2.24, 2.45) is 23.5 Å². The molecule has 1 aromatic carbocycles. The van der Waals surface area contributed by atoms with Crippen molar-refractivity contribution in [3.8, 4) is 0 Å². The maximum atomic E-state index is 6.46. The zero-order valence-corrected chi connectivity index (χ0v) is 12.0. The minimum atomic E-state index is 0.164. The lowest BCUT2D eigenvalue weighted by Gasteiger charge is -2.28. The molecule has 2 aliphatic carbocycles. The summed E-state index contributed by atoms with van der Waals surface area (Å²) >= 11 is 9.56. The Kier molecular flexibility index (Phi) is 3.22. The van der Waals surface area contributed by atoms with Crippen molar-refractivity contribution in [2.75, 3.05) is 0 Å². The van der Waals surface area contributed by atoms with E-state index < -0.39 is 0 Å². The number of halogens is 2. The van der Waals surface area contributed by atoms with Crippen LogP contribution in [-0.2, 0) is 0 Å². The number of hydrogen-bond donors (Lipinski definition) is 1. The van der Waals surface area contributed by atoms with Crippen LogP contribution in [0.5, 0.6) is 0 Å². The SMILES string of the molecule is NC(c1ccc(Cl)cc1Br)C1CC2CCC1C2. The summed E-state index contributed by atoms with van der Waals surface area (Å²) < 4.78 is 1.06.